The molecule has 196 valence electrons. The predicted molar refractivity (Wildman–Crippen MR) is 147 cm³/mol. The molecule has 0 radical (unpaired) electrons. The van der Waals surface area contributed by atoms with Crippen LogP contribution in [0.4, 0.5) is 0 Å². The minimum absolute atomic E-state index is 0.0253. The molecular formula is C31H38N2O4. The van der Waals surface area contributed by atoms with Crippen LogP contribution in [-0.4, -0.2) is 42.5 Å². The molecule has 2 atom stereocenters. The zero-order chi connectivity index (χ0) is 26.5. The Kier molecular flexibility index (Phi) is 11.0. The normalized spacial score (nSPS) is 12.3. The number of hydrogen-bond acceptors (Lipinski definition) is 4. The van der Waals surface area contributed by atoms with Crippen molar-refractivity contribution in [3.8, 4) is 11.5 Å². The average Bonchev–Trinajstić information content (AvgIpc) is 2.94. The lowest BCUT2D eigenvalue weighted by atomic mass is 10.0. The lowest BCUT2D eigenvalue weighted by Gasteiger charge is -2.32. The number of carbonyl (C=O) groups is 2. The number of nitrogens with one attached hydrogen (secondary N) is 1. The van der Waals surface area contributed by atoms with Crippen molar-refractivity contribution in [2.24, 2.45) is 0 Å². The molecule has 0 aliphatic heterocycles. The molecule has 37 heavy (non-hydrogen) atoms. The van der Waals surface area contributed by atoms with Crippen LogP contribution in [0.15, 0.2) is 84.9 Å². The van der Waals surface area contributed by atoms with Crippen LogP contribution < -0.4 is 14.8 Å². The molecular weight excluding hydrogens is 464 g/mol. The van der Waals surface area contributed by atoms with Gasteiger partial charge in [-0.05, 0) is 55.2 Å². The number of benzene rings is 3. The Morgan fingerprint density at radius 2 is 1.46 bits per heavy atom. The second kappa shape index (κ2) is 14.7. The Balaban J connectivity index is 1.75. The van der Waals surface area contributed by atoms with Crippen LogP contribution in [-0.2, 0) is 22.6 Å². The van der Waals surface area contributed by atoms with E-state index >= 15 is 0 Å². The van der Waals surface area contributed by atoms with E-state index in [0.29, 0.717) is 26.0 Å². The Labute approximate surface area is 220 Å². The van der Waals surface area contributed by atoms with E-state index < -0.39 is 6.04 Å². The number of nitrogens with zero attached hydrogens (tertiary/aromatic N) is 1. The van der Waals surface area contributed by atoms with Gasteiger partial charge in [-0.15, -0.1) is 0 Å². The van der Waals surface area contributed by atoms with Gasteiger partial charge in [0.1, 0.15) is 17.5 Å². The first-order valence-electron chi connectivity index (χ1n) is 12.9. The SMILES string of the molecule is CC[C@@H](C)NC(=O)[C@@H](Cc1ccccc1)N(Cc1ccccc1)C(=O)CCCOc1ccc(OC)cc1. The molecule has 6 heteroatoms. The fraction of sp³-hybridized carbons (Fsp3) is 0.355. The zero-order valence-corrected chi connectivity index (χ0v) is 22.1. The molecule has 3 aromatic rings. The fourth-order valence-corrected chi connectivity index (χ4v) is 4.00. The summed E-state index contributed by atoms with van der Waals surface area (Å²) in [5.74, 6) is 1.29. The van der Waals surface area contributed by atoms with E-state index in [1.54, 1.807) is 12.0 Å². The molecule has 0 aliphatic carbocycles. The molecule has 0 fully saturated rings. The van der Waals surface area contributed by atoms with Crippen molar-refractivity contribution in [2.75, 3.05) is 13.7 Å². The van der Waals surface area contributed by atoms with Gasteiger partial charge in [0.2, 0.25) is 11.8 Å². The molecule has 3 aromatic carbocycles. The molecule has 0 aliphatic rings. The summed E-state index contributed by atoms with van der Waals surface area (Å²) in [6.45, 7) is 4.79. The van der Waals surface area contributed by atoms with Crippen molar-refractivity contribution in [1.82, 2.24) is 10.2 Å². The fourth-order valence-electron chi connectivity index (χ4n) is 4.00. The van der Waals surface area contributed by atoms with Gasteiger partial charge in [-0.25, -0.2) is 0 Å². The van der Waals surface area contributed by atoms with Crippen molar-refractivity contribution in [2.45, 2.75) is 58.2 Å². The molecule has 3 rings (SSSR count). The highest BCUT2D eigenvalue weighted by Gasteiger charge is 2.30. The second-order valence-electron chi connectivity index (χ2n) is 9.16. The predicted octanol–water partition coefficient (Wildman–Crippen LogP) is 5.41. The molecule has 0 spiro atoms. The molecule has 2 amide bonds. The molecule has 0 heterocycles. The van der Waals surface area contributed by atoms with Crippen LogP contribution in [0.2, 0.25) is 0 Å². The quantitative estimate of drug-likeness (QED) is 0.299. The van der Waals surface area contributed by atoms with E-state index in [1.807, 2.05) is 98.8 Å². The summed E-state index contributed by atoms with van der Waals surface area (Å²) in [6.07, 6.45) is 2.09. The van der Waals surface area contributed by atoms with E-state index in [4.69, 9.17) is 9.47 Å². The minimum Gasteiger partial charge on any atom is -0.497 e. The second-order valence-corrected chi connectivity index (χ2v) is 9.16. The van der Waals surface area contributed by atoms with Crippen molar-refractivity contribution >= 4 is 11.8 Å². The number of ether oxygens (including phenoxy) is 2. The van der Waals surface area contributed by atoms with Gasteiger partial charge in [-0.3, -0.25) is 9.59 Å². The summed E-state index contributed by atoms with van der Waals surface area (Å²) >= 11 is 0. The summed E-state index contributed by atoms with van der Waals surface area (Å²) in [4.78, 5) is 28.8. The summed E-state index contributed by atoms with van der Waals surface area (Å²) in [5, 5.41) is 3.10. The van der Waals surface area contributed by atoms with Gasteiger partial charge in [0.15, 0.2) is 0 Å². The lowest BCUT2D eigenvalue weighted by Crippen LogP contribution is -2.52. The first kappa shape index (κ1) is 27.8. The van der Waals surface area contributed by atoms with E-state index in [0.717, 1.165) is 29.0 Å². The third kappa shape index (κ3) is 8.98. The monoisotopic (exact) mass is 502 g/mol. The highest BCUT2D eigenvalue weighted by Crippen LogP contribution is 2.19. The first-order chi connectivity index (χ1) is 18.0. The molecule has 0 unspecified atom stereocenters. The lowest BCUT2D eigenvalue weighted by molar-refractivity contribution is -0.141. The molecule has 0 bridgehead atoms. The Bertz CT molecular complexity index is 1090. The van der Waals surface area contributed by atoms with Crippen molar-refractivity contribution in [3.05, 3.63) is 96.1 Å². The number of amides is 2. The van der Waals surface area contributed by atoms with Crippen molar-refractivity contribution in [1.29, 1.82) is 0 Å². The number of hydrogen-bond donors (Lipinski definition) is 1. The van der Waals surface area contributed by atoms with Crippen LogP contribution in [0, 0.1) is 0 Å². The van der Waals surface area contributed by atoms with Gasteiger partial charge >= 0.3 is 0 Å². The number of rotatable bonds is 14. The third-order valence-electron chi connectivity index (χ3n) is 6.33. The topological polar surface area (TPSA) is 67.9 Å². The highest BCUT2D eigenvalue weighted by molar-refractivity contribution is 5.88. The van der Waals surface area contributed by atoms with Crippen LogP contribution in [0.3, 0.4) is 0 Å². The van der Waals surface area contributed by atoms with Crippen molar-refractivity contribution in [3.63, 3.8) is 0 Å². The van der Waals surface area contributed by atoms with Gasteiger partial charge in [-0.2, -0.15) is 0 Å². The third-order valence-corrected chi connectivity index (χ3v) is 6.33. The van der Waals surface area contributed by atoms with Crippen LogP contribution in [0.5, 0.6) is 11.5 Å². The molecule has 0 saturated heterocycles. The van der Waals surface area contributed by atoms with Gasteiger partial charge in [-0.1, -0.05) is 67.6 Å². The summed E-state index contributed by atoms with van der Waals surface area (Å²) in [6, 6.07) is 26.5. The van der Waals surface area contributed by atoms with Crippen LogP contribution in [0.25, 0.3) is 0 Å². The van der Waals surface area contributed by atoms with Gasteiger partial charge in [0.25, 0.3) is 0 Å². The van der Waals surface area contributed by atoms with Gasteiger partial charge in [0, 0.05) is 25.4 Å². The van der Waals surface area contributed by atoms with Gasteiger partial charge in [0.05, 0.1) is 13.7 Å². The highest BCUT2D eigenvalue weighted by atomic mass is 16.5. The maximum Gasteiger partial charge on any atom is 0.243 e. The average molecular weight is 503 g/mol. The molecule has 1 N–H and O–H groups in total. The Morgan fingerprint density at radius 1 is 0.865 bits per heavy atom. The summed E-state index contributed by atoms with van der Waals surface area (Å²) in [7, 11) is 1.62. The van der Waals surface area contributed by atoms with E-state index in [1.165, 1.54) is 0 Å². The van der Waals surface area contributed by atoms with Gasteiger partial charge < -0.3 is 19.7 Å². The van der Waals surface area contributed by atoms with E-state index in [2.05, 4.69) is 5.32 Å². The maximum atomic E-state index is 13.6. The van der Waals surface area contributed by atoms with E-state index in [9.17, 15) is 9.59 Å². The minimum atomic E-state index is -0.619. The van der Waals surface area contributed by atoms with Crippen molar-refractivity contribution < 1.29 is 19.1 Å². The van der Waals surface area contributed by atoms with Crippen LogP contribution >= 0.6 is 0 Å². The Morgan fingerprint density at radius 3 is 2.05 bits per heavy atom. The maximum absolute atomic E-state index is 13.6. The number of carbonyl (C=O) groups excluding carboxylic acids is 2. The smallest absolute Gasteiger partial charge is 0.243 e. The zero-order valence-electron chi connectivity index (χ0n) is 22.1. The standard InChI is InChI=1S/C31H38N2O4/c1-4-24(2)32-31(35)29(22-25-12-7-5-8-13-25)33(23-26-14-9-6-10-15-26)30(34)16-11-21-37-28-19-17-27(36-3)18-20-28/h5-10,12-15,17-20,24,29H,4,11,16,21-23H2,1-3H3,(H,32,35)/t24-,29-/m1/s1. The largest absolute Gasteiger partial charge is 0.497 e. The van der Waals surface area contributed by atoms with Crippen LogP contribution in [0.1, 0.15) is 44.2 Å². The summed E-state index contributed by atoms with van der Waals surface area (Å²) in [5.41, 5.74) is 2.00. The molecule has 0 saturated carbocycles. The Hall–Kier alpha value is -3.80. The first-order valence-corrected chi connectivity index (χ1v) is 12.9. The summed E-state index contributed by atoms with van der Waals surface area (Å²) < 4.78 is 11.0. The van der Waals surface area contributed by atoms with E-state index in [-0.39, 0.29) is 24.3 Å². The molecule has 0 aromatic heterocycles. The molecule has 6 nitrogen and oxygen atoms in total. The number of methoxy groups -OCH3 is 1.